The van der Waals surface area contributed by atoms with Gasteiger partial charge < -0.3 is 10.6 Å². The Bertz CT molecular complexity index is 174. The maximum atomic E-state index is 6.06. The van der Waals surface area contributed by atoms with Crippen molar-refractivity contribution < 1.29 is 0 Å². The van der Waals surface area contributed by atoms with Crippen molar-refractivity contribution in [2.45, 2.75) is 51.5 Å². The second kappa shape index (κ2) is 8.90. The SMILES string of the molecule is CCCC(CN)(CCC)N(C)CCCN(C)C. The molecule has 104 valence electrons. The summed E-state index contributed by atoms with van der Waals surface area (Å²) in [5, 5.41) is 0. The molecule has 0 fully saturated rings. The first-order valence-corrected chi connectivity index (χ1v) is 7.08. The van der Waals surface area contributed by atoms with Crippen LogP contribution in [0.3, 0.4) is 0 Å². The van der Waals surface area contributed by atoms with Crippen LogP contribution in [0.4, 0.5) is 0 Å². The molecule has 0 atom stereocenters. The average Bonchev–Trinajstić information content (AvgIpc) is 2.27. The van der Waals surface area contributed by atoms with Crippen molar-refractivity contribution in [1.29, 1.82) is 0 Å². The Labute approximate surface area is 108 Å². The van der Waals surface area contributed by atoms with E-state index in [1.165, 1.54) is 32.1 Å². The first-order valence-electron chi connectivity index (χ1n) is 7.08. The van der Waals surface area contributed by atoms with Crippen LogP contribution in [0.25, 0.3) is 0 Å². The number of nitrogens with zero attached hydrogens (tertiary/aromatic N) is 2. The number of hydrogen-bond acceptors (Lipinski definition) is 3. The lowest BCUT2D eigenvalue weighted by atomic mass is 9.87. The summed E-state index contributed by atoms with van der Waals surface area (Å²) in [6.07, 6.45) is 6.09. The third-order valence-corrected chi connectivity index (χ3v) is 3.72. The Kier molecular flexibility index (Phi) is 8.83. The summed E-state index contributed by atoms with van der Waals surface area (Å²) in [7, 11) is 6.51. The summed E-state index contributed by atoms with van der Waals surface area (Å²) >= 11 is 0. The van der Waals surface area contributed by atoms with Gasteiger partial charge in [0.05, 0.1) is 0 Å². The molecule has 0 radical (unpaired) electrons. The summed E-state index contributed by atoms with van der Waals surface area (Å²) in [4.78, 5) is 4.75. The van der Waals surface area contributed by atoms with Gasteiger partial charge in [0.1, 0.15) is 0 Å². The highest BCUT2D eigenvalue weighted by atomic mass is 15.2. The van der Waals surface area contributed by atoms with Crippen LogP contribution < -0.4 is 5.73 Å². The molecule has 0 aliphatic rings. The molecule has 2 N–H and O–H groups in total. The highest BCUT2D eigenvalue weighted by Gasteiger charge is 2.30. The second-order valence-corrected chi connectivity index (χ2v) is 5.51. The number of hydrogen-bond donors (Lipinski definition) is 1. The minimum Gasteiger partial charge on any atom is -0.329 e. The fourth-order valence-corrected chi connectivity index (χ4v) is 2.66. The minimum atomic E-state index is 0.232. The molecule has 3 heteroatoms. The normalized spacial score (nSPS) is 12.7. The summed E-state index contributed by atoms with van der Waals surface area (Å²) in [5.74, 6) is 0. The van der Waals surface area contributed by atoms with E-state index in [1.54, 1.807) is 0 Å². The monoisotopic (exact) mass is 243 g/mol. The Morgan fingerprint density at radius 1 is 0.941 bits per heavy atom. The quantitative estimate of drug-likeness (QED) is 0.638. The second-order valence-electron chi connectivity index (χ2n) is 5.51. The maximum absolute atomic E-state index is 6.06. The Morgan fingerprint density at radius 2 is 1.47 bits per heavy atom. The van der Waals surface area contributed by atoms with Crippen molar-refractivity contribution in [1.82, 2.24) is 9.80 Å². The first-order chi connectivity index (χ1) is 8.02. The van der Waals surface area contributed by atoms with E-state index in [9.17, 15) is 0 Å². The lowest BCUT2D eigenvalue weighted by molar-refractivity contribution is 0.0991. The summed E-state index contributed by atoms with van der Waals surface area (Å²) in [6, 6.07) is 0. The van der Waals surface area contributed by atoms with E-state index in [4.69, 9.17) is 5.73 Å². The van der Waals surface area contributed by atoms with Gasteiger partial charge in [-0.15, -0.1) is 0 Å². The van der Waals surface area contributed by atoms with E-state index in [1.807, 2.05) is 0 Å². The third kappa shape index (κ3) is 5.84. The fraction of sp³-hybridized carbons (Fsp3) is 1.00. The fourth-order valence-electron chi connectivity index (χ4n) is 2.66. The van der Waals surface area contributed by atoms with Crippen LogP contribution in [0.5, 0.6) is 0 Å². The Balaban J connectivity index is 4.34. The Morgan fingerprint density at radius 3 is 1.82 bits per heavy atom. The molecule has 0 bridgehead atoms. The summed E-state index contributed by atoms with van der Waals surface area (Å²) in [6.45, 7) is 7.60. The molecule has 0 amide bonds. The van der Waals surface area contributed by atoms with E-state index < -0.39 is 0 Å². The number of nitrogens with two attached hydrogens (primary N) is 1. The molecule has 17 heavy (non-hydrogen) atoms. The highest BCUT2D eigenvalue weighted by molar-refractivity contribution is 4.89. The van der Waals surface area contributed by atoms with Gasteiger partial charge in [-0.05, 0) is 53.5 Å². The highest BCUT2D eigenvalue weighted by Crippen LogP contribution is 2.25. The molecule has 0 saturated carbocycles. The molecule has 0 rings (SSSR count). The zero-order chi connectivity index (χ0) is 13.3. The maximum Gasteiger partial charge on any atom is 0.0328 e. The van der Waals surface area contributed by atoms with Crippen molar-refractivity contribution in [2.75, 3.05) is 40.8 Å². The lowest BCUT2D eigenvalue weighted by Crippen LogP contribution is -2.52. The van der Waals surface area contributed by atoms with Crippen LogP contribution in [-0.2, 0) is 0 Å². The van der Waals surface area contributed by atoms with Gasteiger partial charge in [-0.3, -0.25) is 4.90 Å². The molecule has 0 aromatic rings. The predicted octanol–water partition coefficient (Wildman–Crippen LogP) is 2.17. The third-order valence-electron chi connectivity index (χ3n) is 3.72. The van der Waals surface area contributed by atoms with E-state index in [2.05, 4.69) is 44.8 Å². The van der Waals surface area contributed by atoms with Crippen LogP contribution in [0, 0.1) is 0 Å². The van der Waals surface area contributed by atoms with E-state index in [0.29, 0.717) is 0 Å². The molecule has 0 aromatic carbocycles. The predicted molar refractivity (Wildman–Crippen MR) is 77.4 cm³/mol. The van der Waals surface area contributed by atoms with Crippen molar-refractivity contribution in [3.63, 3.8) is 0 Å². The van der Waals surface area contributed by atoms with Crippen LogP contribution in [0.2, 0.25) is 0 Å². The molecule has 0 saturated heterocycles. The average molecular weight is 243 g/mol. The van der Waals surface area contributed by atoms with Gasteiger partial charge in [-0.1, -0.05) is 26.7 Å². The molecule has 3 nitrogen and oxygen atoms in total. The van der Waals surface area contributed by atoms with Crippen LogP contribution in [0.1, 0.15) is 46.0 Å². The van der Waals surface area contributed by atoms with Crippen molar-refractivity contribution in [2.24, 2.45) is 5.73 Å². The van der Waals surface area contributed by atoms with Gasteiger partial charge in [-0.25, -0.2) is 0 Å². The molecule has 0 aromatic heterocycles. The smallest absolute Gasteiger partial charge is 0.0328 e. The summed E-state index contributed by atoms with van der Waals surface area (Å²) < 4.78 is 0. The van der Waals surface area contributed by atoms with E-state index >= 15 is 0 Å². The molecule has 0 spiro atoms. The number of rotatable bonds is 10. The minimum absolute atomic E-state index is 0.232. The van der Waals surface area contributed by atoms with Gasteiger partial charge in [0, 0.05) is 12.1 Å². The summed E-state index contributed by atoms with van der Waals surface area (Å²) in [5.41, 5.74) is 6.29. The van der Waals surface area contributed by atoms with Crippen LogP contribution in [-0.4, -0.2) is 56.1 Å². The zero-order valence-corrected chi connectivity index (χ0v) is 12.6. The van der Waals surface area contributed by atoms with Gasteiger partial charge >= 0.3 is 0 Å². The number of likely N-dealkylation sites (N-methyl/N-ethyl adjacent to an activating group) is 1. The van der Waals surface area contributed by atoms with Gasteiger partial charge in [-0.2, -0.15) is 0 Å². The van der Waals surface area contributed by atoms with Crippen molar-refractivity contribution in [3.05, 3.63) is 0 Å². The van der Waals surface area contributed by atoms with Crippen molar-refractivity contribution in [3.8, 4) is 0 Å². The van der Waals surface area contributed by atoms with Crippen molar-refractivity contribution >= 4 is 0 Å². The molecule has 0 unspecified atom stereocenters. The van der Waals surface area contributed by atoms with E-state index in [-0.39, 0.29) is 5.54 Å². The standard InChI is InChI=1S/C14H33N3/c1-6-9-14(13-15,10-7-2)17(5)12-8-11-16(3)4/h6-13,15H2,1-5H3. The first kappa shape index (κ1) is 16.9. The molecule has 0 heterocycles. The van der Waals surface area contributed by atoms with Gasteiger partial charge in [0.2, 0.25) is 0 Å². The van der Waals surface area contributed by atoms with Crippen LogP contribution >= 0.6 is 0 Å². The molecule has 0 aliphatic carbocycles. The zero-order valence-electron chi connectivity index (χ0n) is 12.6. The largest absolute Gasteiger partial charge is 0.329 e. The van der Waals surface area contributed by atoms with Crippen LogP contribution in [0.15, 0.2) is 0 Å². The van der Waals surface area contributed by atoms with Gasteiger partial charge in [0.15, 0.2) is 0 Å². The topological polar surface area (TPSA) is 32.5 Å². The lowest BCUT2D eigenvalue weighted by Gasteiger charge is -2.41. The molecule has 0 aliphatic heterocycles. The molecular formula is C14H33N3. The Hall–Kier alpha value is -0.120. The van der Waals surface area contributed by atoms with E-state index in [0.717, 1.165) is 19.6 Å². The molecular weight excluding hydrogens is 210 g/mol. The van der Waals surface area contributed by atoms with Gasteiger partial charge in [0.25, 0.3) is 0 Å².